The van der Waals surface area contributed by atoms with Crippen molar-refractivity contribution in [2.75, 3.05) is 32.6 Å². The number of allylic oxidation sites excluding steroid dienone is 1. The molecule has 22 heavy (non-hydrogen) atoms. The van der Waals surface area contributed by atoms with Crippen molar-refractivity contribution in [3.63, 3.8) is 0 Å². The van der Waals surface area contributed by atoms with Crippen LogP contribution in [0.5, 0.6) is 0 Å². The lowest BCUT2D eigenvalue weighted by atomic mass is 10.0. The number of Topliss-reactive ketones (excluding diaryl/α,β-unsaturated/α-hetero) is 1. The molecule has 0 amide bonds. The first-order valence-corrected chi connectivity index (χ1v) is 7.78. The summed E-state index contributed by atoms with van der Waals surface area (Å²) in [5.74, 6) is -1.20. The summed E-state index contributed by atoms with van der Waals surface area (Å²) in [4.78, 5) is 25.2. The van der Waals surface area contributed by atoms with Crippen LogP contribution in [0.1, 0.15) is 20.7 Å². The molecule has 7 nitrogen and oxygen atoms in total. The normalized spacial score (nSPS) is 18.1. The molecule has 0 fully saturated rings. The van der Waals surface area contributed by atoms with Crippen LogP contribution in [-0.4, -0.2) is 53.3 Å². The van der Waals surface area contributed by atoms with Crippen LogP contribution in [0.4, 0.5) is 5.69 Å². The quantitative estimate of drug-likeness (QED) is 0.592. The van der Waals surface area contributed by atoms with Gasteiger partial charge in [0.15, 0.2) is 4.91 Å². The highest BCUT2D eigenvalue weighted by molar-refractivity contribution is 7.97. The molecule has 0 N–H and O–H groups in total. The molecule has 0 saturated carbocycles. The van der Waals surface area contributed by atoms with Gasteiger partial charge in [-0.3, -0.25) is 9.10 Å². The molecule has 1 aliphatic heterocycles. The van der Waals surface area contributed by atoms with Gasteiger partial charge in [0.25, 0.3) is 10.0 Å². The number of ketones is 1. The fourth-order valence-electron chi connectivity index (χ4n) is 2.12. The zero-order valence-electron chi connectivity index (χ0n) is 12.7. The lowest BCUT2D eigenvalue weighted by Crippen LogP contribution is -2.37. The van der Waals surface area contributed by atoms with E-state index in [1.165, 1.54) is 43.5 Å². The maximum atomic E-state index is 12.5. The van der Waals surface area contributed by atoms with Crippen LogP contribution >= 0.6 is 0 Å². The molecule has 0 atom stereocenters. The first kappa shape index (κ1) is 16.0. The second-order valence-corrected chi connectivity index (χ2v) is 6.92. The van der Waals surface area contributed by atoms with Crippen molar-refractivity contribution in [3.05, 3.63) is 40.4 Å². The summed E-state index contributed by atoms with van der Waals surface area (Å²) < 4.78 is 30.5. The van der Waals surface area contributed by atoms with Crippen LogP contribution in [0.15, 0.2) is 29.3 Å². The zero-order valence-corrected chi connectivity index (χ0v) is 13.5. The van der Waals surface area contributed by atoms with E-state index in [2.05, 4.69) is 4.74 Å². The molecular formula is C14H16N2O5S. The molecule has 0 unspecified atom stereocenters. The Morgan fingerprint density at radius 1 is 1.32 bits per heavy atom. The third kappa shape index (κ3) is 2.45. The number of ether oxygens (including phenoxy) is 1. The number of methoxy groups -OCH3 is 1. The molecule has 1 aliphatic rings. The van der Waals surface area contributed by atoms with E-state index >= 15 is 0 Å². The van der Waals surface area contributed by atoms with Gasteiger partial charge in [-0.15, -0.1) is 0 Å². The number of sulfonamides is 1. The number of fused-ring (bicyclic) bond motifs is 1. The number of carbonyl (C=O) groups is 2. The number of hydrogen-bond donors (Lipinski definition) is 0. The van der Waals surface area contributed by atoms with Crippen molar-refractivity contribution in [2.24, 2.45) is 0 Å². The number of esters is 1. The molecule has 0 spiro atoms. The lowest BCUT2D eigenvalue weighted by molar-refractivity contribution is 0.0600. The van der Waals surface area contributed by atoms with Gasteiger partial charge < -0.3 is 9.64 Å². The van der Waals surface area contributed by atoms with Gasteiger partial charge in [-0.05, 0) is 18.2 Å². The van der Waals surface area contributed by atoms with Gasteiger partial charge in [0.2, 0.25) is 5.78 Å². The van der Waals surface area contributed by atoms with Crippen LogP contribution in [0.3, 0.4) is 0 Å². The maximum absolute atomic E-state index is 12.5. The van der Waals surface area contributed by atoms with Gasteiger partial charge >= 0.3 is 5.97 Å². The minimum absolute atomic E-state index is 0.156. The Bertz CT molecular complexity index is 780. The van der Waals surface area contributed by atoms with E-state index in [0.717, 1.165) is 4.31 Å². The molecule has 1 aromatic carbocycles. The van der Waals surface area contributed by atoms with Crippen molar-refractivity contribution in [1.82, 2.24) is 4.90 Å². The molecule has 1 heterocycles. The number of carbonyl (C=O) groups excluding carboxylic acids is 2. The summed E-state index contributed by atoms with van der Waals surface area (Å²) >= 11 is 0. The molecular weight excluding hydrogens is 308 g/mol. The average molecular weight is 324 g/mol. The maximum Gasteiger partial charge on any atom is 0.337 e. The molecule has 0 aliphatic carbocycles. The van der Waals surface area contributed by atoms with E-state index in [4.69, 9.17) is 0 Å². The van der Waals surface area contributed by atoms with Gasteiger partial charge in [-0.1, -0.05) is 0 Å². The third-order valence-corrected chi connectivity index (χ3v) is 5.00. The Morgan fingerprint density at radius 3 is 2.50 bits per heavy atom. The van der Waals surface area contributed by atoms with E-state index in [9.17, 15) is 18.0 Å². The Labute approximate surface area is 128 Å². The molecule has 0 saturated heterocycles. The Kier molecular flexibility index (Phi) is 3.97. The van der Waals surface area contributed by atoms with Crippen molar-refractivity contribution >= 4 is 27.5 Å². The highest BCUT2D eigenvalue weighted by Gasteiger charge is 2.38. The number of anilines is 1. The summed E-state index contributed by atoms with van der Waals surface area (Å²) in [6.45, 7) is 0. The fourth-order valence-corrected chi connectivity index (χ4v) is 3.51. The summed E-state index contributed by atoms with van der Waals surface area (Å²) in [7, 11) is 1.87. The van der Waals surface area contributed by atoms with Crippen LogP contribution in [0.25, 0.3) is 0 Å². The van der Waals surface area contributed by atoms with Crippen LogP contribution in [-0.2, 0) is 14.8 Å². The minimum atomic E-state index is -3.96. The predicted octanol–water partition coefficient (Wildman–Crippen LogP) is 0.839. The van der Waals surface area contributed by atoms with Crippen LogP contribution in [0.2, 0.25) is 0 Å². The number of nitrogens with zero attached hydrogens (tertiary/aromatic N) is 2. The Balaban J connectivity index is 2.68. The van der Waals surface area contributed by atoms with Crippen molar-refractivity contribution in [2.45, 2.75) is 0 Å². The number of rotatable bonds is 2. The highest BCUT2D eigenvalue weighted by atomic mass is 32.2. The van der Waals surface area contributed by atoms with Crippen LogP contribution in [0, 0.1) is 0 Å². The smallest absolute Gasteiger partial charge is 0.337 e. The van der Waals surface area contributed by atoms with Gasteiger partial charge in [0.05, 0.1) is 18.4 Å². The molecule has 8 heteroatoms. The summed E-state index contributed by atoms with van der Waals surface area (Å²) in [6.07, 6.45) is 1.27. The second kappa shape index (κ2) is 5.45. The Morgan fingerprint density at radius 2 is 1.95 bits per heavy atom. The third-order valence-electron chi connectivity index (χ3n) is 3.24. The van der Waals surface area contributed by atoms with Gasteiger partial charge in [-0.2, -0.15) is 0 Å². The first-order chi connectivity index (χ1) is 10.2. The Hall–Kier alpha value is -2.35. The fraction of sp³-hybridized carbons (Fsp3) is 0.286. The standard InChI is InChI=1S/C14H16N2O5S/c1-15(2)8-12-13(17)10-6-5-9(14(18)21-4)7-11(10)16(3)22(12,19)20/h5-8H,1-4H3/b12-8-. The molecule has 1 aromatic rings. The molecule has 0 aromatic heterocycles. The highest BCUT2D eigenvalue weighted by Crippen LogP contribution is 2.34. The topological polar surface area (TPSA) is 84.0 Å². The molecule has 2 rings (SSSR count). The average Bonchev–Trinajstić information content (AvgIpc) is 2.48. The summed E-state index contributed by atoms with van der Waals surface area (Å²) in [5.41, 5.74) is 0.554. The van der Waals surface area contributed by atoms with Crippen LogP contribution < -0.4 is 4.31 Å². The van der Waals surface area contributed by atoms with E-state index in [0.29, 0.717) is 0 Å². The minimum Gasteiger partial charge on any atom is -0.465 e. The van der Waals surface area contributed by atoms with Crippen molar-refractivity contribution < 1.29 is 22.7 Å². The van der Waals surface area contributed by atoms with E-state index in [1.807, 2.05) is 0 Å². The lowest BCUT2D eigenvalue weighted by Gasteiger charge is -2.28. The number of hydrogen-bond acceptors (Lipinski definition) is 6. The number of benzene rings is 1. The van der Waals surface area contributed by atoms with Gasteiger partial charge in [0, 0.05) is 32.9 Å². The molecule has 118 valence electrons. The predicted molar refractivity (Wildman–Crippen MR) is 81.2 cm³/mol. The summed E-state index contributed by atoms with van der Waals surface area (Å²) in [5, 5.41) is 0. The summed E-state index contributed by atoms with van der Waals surface area (Å²) in [6, 6.07) is 4.20. The van der Waals surface area contributed by atoms with Crippen molar-refractivity contribution in [1.29, 1.82) is 0 Å². The van der Waals surface area contributed by atoms with E-state index < -0.39 is 21.8 Å². The largest absolute Gasteiger partial charge is 0.465 e. The SMILES string of the molecule is COC(=O)c1ccc2c(c1)N(C)S(=O)(=O)/C(=C\N(C)C)C2=O. The van der Waals surface area contributed by atoms with E-state index in [1.54, 1.807) is 14.1 Å². The van der Waals surface area contributed by atoms with Gasteiger partial charge in [-0.25, -0.2) is 13.2 Å². The molecule has 0 radical (unpaired) electrons. The van der Waals surface area contributed by atoms with E-state index in [-0.39, 0.29) is 21.7 Å². The molecule has 0 bridgehead atoms. The zero-order chi connectivity index (χ0) is 16.7. The van der Waals surface area contributed by atoms with Gasteiger partial charge in [0.1, 0.15) is 0 Å². The van der Waals surface area contributed by atoms with Crippen molar-refractivity contribution in [3.8, 4) is 0 Å². The second-order valence-electron chi connectivity index (χ2n) is 4.98. The monoisotopic (exact) mass is 324 g/mol. The first-order valence-electron chi connectivity index (χ1n) is 6.34.